The summed E-state index contributed by atoms with van der Waals surface area (Å²) in [5.41, 5.74) is 2.22. The number of carbonyl (C=O) groups excluding carboxylic acids is 2. The first kappa shape index (κ1) is 24.5. The molecule has 1 atom stereocenters. The molecule has 0 aliphatic heterocycles. The number of hydrogen-bond donors (Lipinski definition) is 4. The molecular weight excluding hydrogens is 466 g/mol. The molecule has 1 fully saturated rings. The Morgan fingerprint density at radius 3 is 2.31 bits per heavy atom. The second kappa shape index (κ2) is 10.8. The van der Waals surface area contributed by atoms with Gasteiger partial charge in [-0.1, -0.05) is 67.3 Å². The summed E-state index contributed by atoms with van der Waals surface area (Å²) in [6, 6.07) is 14.4. The molecule has 1 saturated carbocycles. The van der Waals surface area contributed by atoms with E-state index in [1.54, 1.807) is 42.5 Å². The maximum Gasteiger partial charge on any atom is 0.326 e. The molecule has 0 aromatic heterocycles. The third-order valence-corrected chi connectivity index (χ3v) is 6.87. The number of para-hydroxylation sites is 1. The highest BCUT2D eigenvalue weighted by molar-refractivity contribution is 6.34. The predicted octanol–water partition coefficient (Wildman–Crippen LogP) is 6.21. The normalized spacial score (nSPS) is 14.8. The van der Waals surface area contributed by atoms with E-state index in [0.717, 1.165) is 37.7 Å². The van der Waals surface area contributed by atoms with E-state index in [2.05, 4.69) is 16.0 Å². The van der Waals surface area contributed by atoms with Crippen molar-refractivity contribution < 1.29 is 19.5 Å². The number of benzene rings is 3. The summed E-state index contributed by atoms with van der Waals surface area (Å²) in [6.07, 6.45) is 4.63. The van der Waals surface area contributed by atoms with Crippen LogP contribution in [0.3, 0.4) is 0 Å². The van der Waals surface area contributed by atoms with Crippen molar-refractivity contribution in [1.82, 2.24) is 5.32 Å². The van der Waals surface area contributed by atoms with Gasteiger partial charge in [0.25, 0.3) is 5.91 Å². The van der Waals surface area contributed by atoms with Gasteiger partial charge in [0.1, 0.15) is 6.04 Å². The van der Waals surface area contributed by atoms with Crippen molar-refractivity contribution >= 4 is 51.7 Å². The zero-order valence-corrected chi connectivity index (χ0v) is 20.2. The summed E-state index contributed by atoms with van der Waals surface area (Å²) in [4.78, 5) is 37.8. The number of fused-ring (bicyclic) bond motifs is 1. The second-order valence-corrected chi connectivity index (χ2v) is 9.31. The van der Waals surface area contributed by atoms with Crippen LogP contribution >= 0.6 is 11.6 Å². The molecule has 0 bridgehead atoms. The van der Waals surface area contributed by atoms with E-state index in [0.29, 0.717) is 32.7 Å². The van der Waals surface area contributed by atoms with Gasteiger partial charge in [-0.15, -0.1) is 0 Å². The summed E-state index contributed by atoms with van der Waals surface area (Å²) in [6.45, 7) is 1.85. The highest BCUT2D eigenvalue weighted by atomic mass is 35.5. The molecule has 182 valence electrons. The highest BCUT2D eigenvalue weighted by Crippen LogP contribution is 2.30. The van der Waals surface area contributed by atoms with Crippen molar-refractivity contribution in [3.63, 3.8) is 0 Å². The Morgan fingerprint density at radius 1 is 0.914 bits per heavy atom. The fourth-order valence-corrected chi connectivity index (χ4v) is 5.00. The average Bonchev–Trinajstić information content (AvgIpc) is 2.85. The minimum atomic E-state index is -1.01. The molecule has 8 heteroatoms. The molecule has 0 spiro atoms. The standard InChI is InChI=1S/C27H28ClN3O4/c1-16-8-7-13-21(28)23(16)31-27(35)29-22-15-14-20(18-11-5-6-12-19(18)22)25(32)30-24(26(33)34)17-9-3-2-4-10-17/h5-8,11-15,17,24H,2-4,9-10H2,1H3,(H,30,32)(H,33,34)(H2,29,31,35)/t24-/m0/s1. The topological polar surface area (TPSA) is 108 Å². The van der Waals surface area contributed by atoms with E-state index in [9.17, 15) is 19.5 Å². The van der Waals surface area contributed by atoms with Crippen molar-refractivity contribution in [2.75, 3.05) is 10.6 Å². The minimum Gasteiger partial charge on any atom is -0.480 e. The van der Waals surface area contributed by atoms with Gasteiger partial charge in [-0.2, -0.15) is 0 Å². The quantitative estimate of drug-likeness (QED) is 0.327. The highest BCUT2D eigenvalue weighted by Gasteiger charge is 2.31. The van der Waals surface area contributed by atoms with Gasteiger partial charge < -0.3 is 21.1 Å². The first-order valence-corrected chi connectivity index (χ1v) is 12.1. The number of aliphatic carboxylic acids is 1. The van der Waals surface area contributed by atoms with E-state index in [1.165, 1.54) is 0 Å². The lowest BCUT2D eigenvalue weighted by Crippen LogP contribution is -2.46. The number of rotatable bonds is 6. The summed E-state index contributed by atoms with van der Waals surface area (Å²) < 4.78 is 0. The number of carboxylic acid groups (broad SMARTS) is 1. The van der Waals surface area contributed by atoms with Gasteiger partial charge in [-0.25, -0.2) is 9.59 Å². The van der Waals surface area contributed by atoms with Crippen LogP contribution < -0.4 is 16.0 Å². The number of hydrogen-bond acceptors (Lipinski definition) is 3. The average molecular weight is 494 g/mol. The lowest BCUT2D eigenvalue weighted by atomic mass is 9.83. The van der Waals surface area contributed by atoms with Crippen LogP contribution in [0.4, 0.5) is 16.2 Å². The van der Waals surface area contributed by atoms with Crippen molar-refractivity contribution in [2.24, 2.45) is 5.92 Å². The number of urea groups is 1. The molecule has 3 amide bonds. The first-order valence-electron chi connectivity index (χ1n) is 11.7. The third kappa shape index (κ3) is 5.57. The predicted molar refractivity (Wildman–Crippen MR) is 138 cm³/mol. The Morgan fingerprint density at radius 2 is 1.63 bits per heavy atom. The van der Waals surface area contributed by atoms with Crippen molar-refractivity contribution in [1.29, 1.82) is 0 Å². The fraction of sp³-hybridized carbons (Fsp3) is 0.296. The largest absolute Gasteiger partial charge is 0.480 e. The van der Waals surface area contributed by atoms with E-state index < -0.39 is 23.9 Å². The summed E-state index contributed by atoms with van der Waals surface area (Å²) in [5.74, 6) is -1.53. The number of amides is 3. The Labute approximate surface area is 208 Å². The molecule has 0 saturated heterocycles. The molecule has 3 aromatic rings. The van der Waals surface area contributed by atoms with Crippen LogP contribution in [0, 0.1) is 12.8 Å². The molecule has 0 unspecified atom stereocenters. The second-order valence-electron chi connectivity index (χ2n) is 8.90. The SMILES string of the molecule is Cc1cccc(Cl)c1NC(=O)Nc1ccc(C(=O)N[C@H](C(=O)O)C2CCCCC2)c2ccccc12. The molecular formula is C27H28ClN3O4. The molecule has 0 heterocycles. The third-order valence-electron chi connectivity index (χ3n) is 6.55. The maximum absolute atomic E-state index is 13.2. The van der Waals surface area contributed by atoms with Gasteiger partial charge in [0.15, 0.2) is 0 Å². The minimum absolute atomic E-state index is 0.0747. The van der Waals surface area contributed by atoms with Crippen molar-refractivity contribution in [3.8, 4) is 0 Å². The molecule has 1 aliphatic rings. The van der Waals surface area contributed by atoms with Crippen LogP contribution in [0.5, 0.6) is 0 Å². The molecule has 0 radical (unpaired) electrons. The monoisotopic (exact) mass is 493 g/mol. The number of anilines is 2. The van der Waals surface area contributed by atoms with Crippen LogP contribution in [0.2, 0.25) is 5.02 Å². The Kier molecular flexibility index (Phi) is 7.56. The van der Waals surface area contributed by atoms with Gasteiger partial charge in [-0.3, -0.25) is 4.79 Å². The van der Waals surface area contributed by atoms with Crippen LogP contribution in [0.1, 0.15) is 48.0 Å². The Bertz CT molecular complexity index is 1250. The summed E-state index contributed by atoms with van der Waals surface area (Å²) in [5, 5.41) is 19.8. The van der Waals surface area contributed by atoms with Crippen LogP contribution in [0.15, 0.2) is 54.6 Å². The van der Waals surface area contributed by atoms with E-state index in [-0.39, 0.29) is 5.92 Å². The van der Waals surface area contributed by atoms with E-state index in [1.807, 2.05) is 19.1 Å². The lowest BCUT2D eigenvalue weighted by molar-refractivity contribution is -0.141. The number of nitrogens with one attached hydrogen (secondary N) is 3. The number of carbonyl (C=O) groups is 3. The first-order chi connectivity index (χ1) is 16.8. The molecule has 35 heavy (non-hydrogen) atoms. The van der Waals surface area contributed by atoms with Gasteiger partial charge in [0, 0.05) is 10.9 Å². The number of aryl methyl sites for hydroxylation is 1. The lowest BCUT2D eigenvalue weighted by Gasteiger charge is -2.28. The van der Waals surface area contributed by atoms with Gasteiger partial charge in [0.05, 0.1) is 16.4 Å². The zero-order chi connectivity index (χ0) is 24.9. The van der Waals surface area contributed by atoms with E-state index in [4.69, 9.17) is 11.6 Å². The molecule has 3 aromatic carbocycles. The summed E-state index contributed by atoms with van der Waals surface area (Å²) >= 11 is 6.22. The van der Waals surface area contributed by atoms with Gasteiger partial charge in [0.2, 0.25) is 0 Å². The Hall–Kier alpha value is -3.58. The fourth-order valence-electron chi connectivity index (χ4n) is 4.73. The molecule has 4 rings (SSSR count). The zero-order valence-electron chi connectivity index (χ0n) is 19.4. The van der Waals surface area contributed by atoms with Gasteiger partial charge in [-0.05, 0) is 54.8 Å². The maximum atomic E-state index is 13.2. The van der Waals surface area contributed by atoms with Crippen LogP contribution in [-0.4, -0.2) is 29.1 Å². The summed E-state index contributed by atoms with van der Waals surface area (Å²) in [7, 11) is 0. The van der Waals surface area contributed by atoms with E-state index >= 15 is 0 Å². The van der Waals surface area contributed by atoms with Crippen LogP contribution in [0.25, 0.3) is 10.8 Å². The van der Waals surface area contributed by atoms with Crippen molar-refractivity contribution in [3.05, 3.63) is 70.7 Å². The number of carboxylic acids is 1. The molecule has 1 aliphatic carbocycles. The molecule has 7 nitrogen and oxygen atoms in total. The smallest absolute Gasteiger partial charge is 0.326 e. The van der Waals surface area contributed by atoms with Crippen LogP contribution in [-0.2, 0) is 4.79 Å². The molecule has 4 N–H and O–H groups in total. The number of halogens is 1. The van der Waals surface area contributed by atoms with Gasteiger partial charge >= 0.3 is 12.0 Å². The Balaban J connectivity index is 1.57. The van der Waals surface area contributed by atoms with Crippen molar-refractivity contribution in [2.45, 2.75) is 45.1 Å².